The number of nitrogens with one attached hydrogen (secondary N) is 2. The maximum absolute atomic E-state index is 11.6. The van der Waals surface area contributed by atoms with Gasteiger partial charge in [-0.1, -0.05) is 0 Å². The summed E-state index contributed by atoms with van der Waals surface area (Å²) in [5.74, 6) is -0.226. The second-order valence-corrected chi connectivity index (χ2v) is 3.83. The molecule has 6 nitrogen and oxygen atoms in total. The summed E-state index contributed by atoms with van der Waals surface area (Å²) in [6, 6.07) is 3.55. The molecule has 0 aliphatic heterocycles. The van der Waals surface area contributed by atoms with Crippen molar-refractivity contribution in [3.63, 3.8) is 0 Å². The van der Waals surface area contributed by atoms with E-state index >= 15 is 0 Å². The summed E-state index contributed by atoms with van der Waals surface area (Å²) in [6.07, 6.45) is 5.05. The van der Waals surface area contributed by atoms with Crippen LogP contribution in [0, 0.1) is 5.41 Å². The third-order valence-electron chi connectivity index (χ3n) is 2.46. The molecule has 0 bridgehead atoms. The molecule has 0 spiro atoms. The molecule has 1 aromatic rings. The van der Waals surface area contributed by atoms with Crippen LogP contribution in [-0.4, -0.2) is 35.0 Å². The van der Waals surface area contributed by atoms with Crippen molar-refractivity contribution in [3.05, 3.63) is 30.1 Å². The topological polar surface area (TPSA) is 95.1 Å². The van der Waals surface area contributed by atoms with Crippen LogP contribution in [-0.2, 0) is 6.42 Å². The zero-order valence-corrected chi connectivity index (χ0v) is 10.5. The van der Waals surface area contributed by atoms with Crippen molar-refractivity contribution in [2.75, 3.05) is 13.1 Å². The lowest BCUT2D eigenvalue weighted by atomic mass is 10.1. The summed E-state index contributed by atoms with van der Waals surface area (Å²) >= 11 is 0. The van der Waals surface area contributed by atoms with Crippen LogP contribution in [0.4, 0.5) is 4.79 Å². The molecule has 0 aliphatic carbocycles. The van der Waals surface area contributed by atoms with E-state index in [4.69, 9.17) is 11.1 Å². The molecule has 0 saturated carbocycles. The number of aromatic nitrogens is 1. The average molecular weight is 249 g/mol. The van der Waals surface area contributed by atoms with E-state index in [2.05, 4.69) is 10.3 Å². The number of aryl methyl sites for hydroxylation is 1. The molecule has 98 valence electrons. The standard InChI is InChI=1S/C12H19N5O/c1-2-16-12(18)17(11(13)14)9-3-4-10-5-7-15-8-6-10/h5-8H,2-4,9H2,1H3,(H3,13,14)(H,16,18). The Hall–Kier alpha value is -2.11. The van der Waals surface area contributed by atoms with Gasteiger partial charge in [0.15, 0.2) is 5.96 Å². The van der Waals surface area contributed by atoms with Crippen molar-refractivity contribution in [2.45, 2.75) is 19.8 Å². The van der Waals surface area contributed by atoms with Crippen LogP contribution in [0.5, 0.6) is 0 Å². The molecule has 4 N–H and O–H groups in total. The van der Waals surface area contributed by atoms with E-state index in [-0.39, 0.29) is 12.0 Å². The smallest absolute Gasteiger partial charge is 0.324 e. The molecule has 6 heteroatoms. The lowest BCUT2D eigenvalue weighted by molar-refractivity contribution is 0.220. The number of carbonyl (C=O) groups is 1. The van der Waals surface area contributed by atoms with Gasteiger partial charge in [0, 0.05) is 25.5 Å². The van der Waals surface area contributed by atoms with Gasteiger partial charge in [0.1, 0.15) is 0 Å². The molecule has 0 radical (unpaired) electrons. The van der Waals surface area contributed by atoms with Crippen LogP contribution in [0.2, 0.25) is 0 Å². The predicted octanol–water partition coefficient (Wildman–Crippen LogP) is 0.939. The van der Waals surface area contributed by atoms with Crippen LogP contribution < -0.4 is 11.1 Å². The Morgan fingerprint density at radius 1 is 1.50 bits per heavy atom. The molecule has 0 aliphatic rings. The van der Waals surface area contributed by atoms with Crippen LogP contribution in [0.15, 0.2) is 24.5 Å². The molecule has 1 heterocycles. The van der Waals surface area contributed by atoms with Gasteiger partial charge in [-0.25, -0.2) is 4.79 Å². The number of guanidine groups is 1. The molecule has 18 heavy (non-hydrogen) atoms. The fraction of sp³-hybridized carbons (Fsp3) is 0.417. The van der Waals surface area contributed by atoms with Crippen molar-refractivity contribution in [3.8, 4) is 0 Å². The fourth-order valence-electron chi connectivity index (χ4n) is 1.57. The van der Waals surface area contributed by atoms with Crippen molar-refractivity contribution in [2.24, 2.45) is 5.73 Å². The highest BCUT2D eigenvalue weighted by molar-refractivity contribution is 5.93. The average Bonchev–Trinajstić information content (AvgIpc) is 2.35. The first kappa shape index (κ1) is 14.0. The van der Waals surface area contributed by atoms with E-state index in [0.29, 0.717) is 13.1 Å². The normalized spacial score (nSPS) is 9.83. The molecule has 0 unspecified atom stereocenters. The third-order valence-corrected chi connectivity index (χ3v) is 2.46. The van der Waals surface area contributed by atoms with Gasteiger partial charge >= 0.3 is 6.03 Å². The Balaban J connectivity index is 2.43. The van der Waals surface area contributed by atoms with Crippen molar-refractivity contribution >= 4 is 12.0 Å². The second kappa shape index (κ2) is 7.26. The van der Waals surface area contributed by atoms with Crippen LogP contribution in [0.3, 0.4) is 0 Å². The summed E-state index contributed by atoms with van der Waals surface area (Å²) in [7, 11) is 0. The summed E-state index contributed by atoms with van der Waals surface area (Å²) in [5, 5.41) is 10.0. The van der Waals surface area contributed by atoms with E-state index < -0.39 is 0 Å². The van der Waals surface area contributed by atoms with Crippen molar-refractivity contribution in [1.29, 1.82) is 5.41 Å². The largest absolute Gasteiger partial charge is 0.370 e. The van der Waals surface area contributed by atoms with Gasteiger partial charge in [0.25, 0.3) is 0 Å². The van der Waals surface area contributed by atoms with Gasteiger partial charge in [0.2, 0.25) is 0 Å². The van der Waals surface area contributed by atoms with Gasteiger partial charge in [-0.05, 0) is 37.5 Å². The first-order valence-electron chi connectivity index (χ1n) is 5.93. The monoisotopic (exact) mass is 249 g/mol. The number of hydrogen-bond acceptors (Lipinski definition) is 3. The molecule has 1 rings (SSSR count). The number of amides is 2. The first-order chi connectivity index (χ1) is 8.65. The summed E-state index contributed by atoms with van der Waals surface area (Å²) < 4.78 is 0. The first-order valence-corrected chi connectivity index (χ1v) is 5.93. The second-order valence-electron chi connectivity index (χ2n) is 3.83. The predicted molar refractivity (Wildman–Crippen MR) is 70.3 cm³/mol. The highest BCUT2D eigenvalue weighted by Crippen LogP contribution is 2.02. The fourth-order valence-corrected chi connectivity index (χ4v) is 1.57. The maximum atomic E-state index is 11.6. The van der Waals surface area contributed by atoms with E-state index in [1.165, 1.54) is 4.90 Å². The Labute approximate surface area is 107 Å². The van der Waals surface area contributed by atoms with E-state index in [1.807, 2.05) is 19.1 Å². The Bertz CT molecular complexity index is 393. The Morgan fingerprint density at radius 2 is 2.17 bits per heavy atom. The third kappa shape index (κ3) is 4.40. The maximum Gasteiger partial charge on any atom is 0.324 e. The van der Waals surface area contributed by atoms with Gasteiger partial charge in [-0.15, -0.1) is 0 Å². The molecule has 1 aromatic heterocycles. The number of pyridine rings is 1. The highest BCUT2D eigenvalue weighted by atomic mass is 16.2. The number of nitrogens with zero attached hydrogens (tertiary/aromatic N) is 2. The quantitative estimate of drug-likeness (QED) is 0.535. The lowest BCUT2D eigenvalue weighted by Crippen LogP contribution is -2.47. The minimum Gasteiger partial charge on any atom is -0.370 e. The lowest BCUT2D eigenvalue weighted by Gasteiger charge is -2.20. The number of carbonyl (C=O) groups excluding carboxylic acids is 1. The van der Waals surface area contributed by atoms with Gasteiger partial charge in [-0.3, -0.25) is 15.3 Å². The van der Waals surface area contributed by atoms with Crippen LogP contribution >= 0.6 is 0 Å². The SMILES string of the molecule is CCNC(=O)N(CCCc1ccncc1)C(=N)N. The zero-order chi connectivity index (χ0) is 13.4. The van der Waals surface area contributed by atoms with Gasteiger partial charge < -0.3 is 11.1 Å². The zero-order valence-electron chi connectivity index (χ0n) is 10.5. The van der Waals surface area contributed by atoms with Crippen LogP contribution in [0.25, 0.3) is 0 Å². The van der Waals surface area contributed by atoms with Crippen molar-refractivity contribution < 1.29 is 4.79 Å². The summed E-state index contributed by atoms with van der Waals surface area (Å²) in [4.78, 5) is 16.8. The summed E-state index contributed by atoms with van der Waals surface area (Å²) in [5.41, 5.74) is 6.54. The van der Waals surface area contributed by atoms with Gasteiger partial charge in [0.05, 0.1) is 0 Å². The molecular formula is C12H19N5O. The minimum atomic E-state index is -0.320. The summed E-state index contributed by atoms with van der Waals surface area (Å²) in [6.45, 7) is 2.78. The minimum absolute atomic E-state index is 0.226. The van der Waals surface area contributed by atoms with Crippen molar-refractivity contribution in [1.82, 2.24) is 15.2 Å². The molecule has 0 saturated heterocycles. The van der Waals surface area contributed by atoms with E-state index in [9.17, 15) is 4.79 Å². The van der Waals surface area contributed by atoms with E-state index in [1.54, 1.807) is 12.4 Å². The molecule has 2 amide bonds. The Kier molecular flexibility index (Phi) is 5.63. The number of urea groups is 1. The number of rotatable bonds is 5. The Morgan fingerprint density at radius 3 is 2.72 bits per heavy atom. The molecule has 0 atom stereocenters. The molecule has 0 fully saturated rings. The van der Waals surface area contributed by atoms with Crippen LogP contribution in [0.1, 0.15) is 18.9 Å². The highest BCUT2D eigenvalue weighted by Gasteiger charge is 2.14. The van der Waals surface area contributed by atoms with Gasteiger partial charge in [-0.2, -0.15) is 0 Å². The molecular weight excluding hydrogens is 230 g/mol. The number of nitrogens with two attached hydrogens (primary N) is 1. The molecule has 0 aromatic carbocycles. The van der Waals surface area contributed by atoms with E-state index in [0.717, 1.165) is 18.4 Å². The number of hydrogen-bond donors (Lipinski definition) is 3.